The van der Waals surface area contributed by atoms with Crippen molar-refractivity contribution in [2.24, 2.45) is 0 Å². The number of aliphatic hydroxyl groups excluding tert-OH is 1. The molecule has 20 heavy (non-hydrogen) atoms. The van der Waals surface area contributed by atoms with Crippen molar-refractivity contribution in [1.82, 2.24) is 4.72 Å². The Morgan fingerprint density at radius 1 is 1.25 bits per heavy atom. The molecule has 1 aromatic rings. The van der Waals surface area contributed by atoms with Gasteiger partial charge in [-0.15, -0.1) is 0 Å². The molecule has 0 aliphatic carbocycles. The molecule has 0 fully saturated rings. The summed E-state index contributed by atoms with van der Waals surface area (Å²) in [6.07, 6.45) is 1.95. The molecule has 0 saturated heterocycles. The van der Waals surface area contributed by atoms with Crippen molar-refractivity contribution in [2.75, 3.05) is 12.8 Å². The second-order valence-electron chi connectivity index (χ2n) is 5.49. The standard InChI is InChI=1S/C14H23NO3S2/c1-10-6-11(2)13(7-12(10)8-16)20(17,18)15-9-14(3,4)19-5/h6-7,15-16H,8-9H2,1-5H3. The van der Waals surface area contributed by atoms with Crippen molar-refractivity contribution >= 4 is 21.8 Å². The molecule has 0 unspecified atom stereocenters. The Morgan fingerprint density at radius 3 is 2.35 bits per heavy atom. The van der Waals surface area contributed by atoms with E-state index in [-0.39, 0.29) is 16.2 Å². The number of sulfonamides is 1. The molecule has 0 aliphatic heterocycles. The molecule has 114 valence electrons. The van der Waals surface area contributed by atoms with Crippen molar-refractivity contribution in [3.8, 4) is 0 Å². The predicted molar refractivity (Wildman–Crippen MR) is 84.6 cm³/mol. The minimum Gasteiger partial charge on any atom is -0.392 e. The molecule has 4 nitrogen and oxygen atoms in total. The Labute approximate surface area is 126 Å². The third-order valence-electron chi connectivity index (χ3n) is 3.33. The largest absolute Gasteiger partial charge is 0.392 e. The van der Waals surface area contributed by atoms with Gasteiger partial charge in [-0.25, -0.2) is 13.1 Å². The van der Waals surface area contributed by atoms with Crippen LogP contribution in [0.2, 0.25) is 0 Å². The highest BCUT2D eigenvalue weighted by molar-refractivity contribution is 8.00. The van der Waals surface area contributed by atoms with Crippen molar-refractivity contribution < 1.29 is 13.5 Å². The van der Waals surface area contributed by atoms with E-state index < -0.39 is 10.0 Å². The van der Waals surface area contributed by atoms with Gasteiger partial charge in [-0.05, 0) is 56.7 Å². The number of hydrogen-bond donors (Lipinski definition) is 2. The Kier molecular flexibility index (Phi) is 5.66. The van der Waals surface area contributed by atoms with E-state index in [1.807, 2.05) is 27.0 Å². The summed E-state index contributed by atoms with van der Waals surface area (Å²) >= 11 is 1.61. The highest BCUT2D eigenvalue weighted by Crippen LogP contribution is 2.23. The van der Waals surface area contributed by atoms with Gasteiger partial charge >= 0.3 is 0 Å². The van der Waals surface area contributed by atoms with Gasteiger partial charge in [0.05, 0.1) is 11.5 Å². The van der Waals surface area contributed by atoms with Crippen molar-refractivity contribution in [3.05, 3.63) is 28.8 Å². The summed E-state index contributed by atoms with van der Waals surface area (Å²) in [5.74, 6) is 0. The van der Waals surface area contributed by atoms with Crippen LogP contribution in [-0.2, 0) is 16.6 Å². The summed E-state index contributed by atoms with van der Waals surface area (Å²) < 4.78 is 27.3. The first-order chi connectivity index (χ1) is 9.13. The lowest BCUT2D eigenvalue weighted by Crippen LogP contribution is -2.36. The van der Waals surface area contributed by atoms with Crippen LogP contribution in [0.1, 0.15) is 30.5 Å². The summed E-state index contributed by atoms with van der Waals surface area (Å²) in [5, 5.41) is 9.28. The number of rotatable bonds is 6. The molecule has 0 atom stereocenters. The highest BCUT2D eigenvalue weighted by Gasteiger charge is 2.23. The van der Waals surface area contributed by atoms with E-state index >= 15 is 0 Å². The zero-order valence-electron chi connectivity index (χ0n) is 12.6. The van der Waals surface area contributed by atoms with Crippen LogP contribution in [0, 0.1) is 13.8 Å². The van der Waals surface area contributed by atoms with E-state index in [4.69, 9.17) is 0 Å². The number of aryl methyl sites for hydroxylation is 2. The lowest BCUT2D eigenvalue weighted by Gasteiger charge is -2.22. The highest BCUT2D eigenvalue weighted by atomic mass is 32.2. The number of nitrogens with one attached hydrogen (secondary N) is 1. The van der Waals surface area contributed by atoms with Crippen LogP contribution >= 0.6 is 11.8 Å². The quantitative estimate of drug-likeness (QED) is 0.844. The first-order valence-electron chi connectivity index (χ1n) is 6.39. The number of thioether (sulfide) groups is 1. The monoisotopic (exact) mass is 317 g/mol. The van der Waals surface area contributed by atoms with Crippen LogP contribution in [0.15, 0.2) is 17.0 Å². The summed E-state index contributed by atoms with van der Waals surface area (Å²) in [5.41, 5.74) is 2.22. The van der Waals surface area contributed by atoms with E-state index in [0.717, 1.165) is 5.56 Å². The zero-order valence-corrected chi connectivity index (χ0v) is 14.3. The zero-order chi connectivity index (χ0) is 15.6. The first kappa shape index (κ1) is 17.5. The van der Waals surface area contributed by atoms with Crippen LogP contribution in [0.3, 0.4) is 0 Å². The molecule has 0 heterocycles. The predicted octanol–water partition coefficient (Wildman–Crippen LogP) is 2.22. The third kappa shape index (κ3) is 4.22. The Morgan fingerprint density at radius 2 is 1.85 bits per heavy atom. The van der Waals surface area contributed by atoms with Gasteiger partial charge in [-0.3, -0.25) is 0 Å². The number of benzene rings is 1. The van der Waals surface area contributed by atoms with Crippen LogP contribution in [0.5, 0.6) is 0 Å². The maximum atomic E-state index is 12.4. The number of hydrogen-bond acceptors (Lipinski definition) is 4. The molecule has 0 amide bonds. The van der Waals surface area contributed by atoms with E-state index in [9.17, 15) is 13.5 Å². The molecule has 0 aliphatic rings. The van der Waals surface area contributed by atoms with Gasteiger partial charge in [0.2, 0.25) is 10.0 Å². The summed E-state index contributed by atoms with van der Waals surface area (Å²) in [4.78, 5) is 0.240. The Hall–Kier alpha value is -0.560. The molecular weight excluding hydrogens is 294 g/mol. The van der Waals surface area contributed by atoms with Crippen molar-refractivity contribution in [1.29, 1.82) is 0 Å². The summed E-state index contributed by atoms with van der Waals surface area (Å²) in [6, 6.07) is 3.35. The van der Waals surface area contributed by atoms with Gasteiger partial charge in [0.1, 0.15) is 0 Å². The lowest BCUT2D eigenvalue weighted by atomic mass is 10.1. The van der Waals surface area contributed by atoms with E-state index in [2.05, 4.69) is 4.72 Å². The molecule has 1 rings (SSSR count). The average molecular weight is 317 g/mol. The fraction of sp³-hybridized carbons (Fsp3) is 0.571. The molecule has 6 heteroatoms. The fourth-order valence-corrected chi connectivity index (χ4v) is 3.55. The average Bonchev–Trinajstić information content (AvgIpc) is 2.36. The molecule has 0 saturated carbocycles. The second-order valence-corrected chi connectivity index (χ2v) is 8.74. The van der Waals surface area contributed by atoms with E-state index in [0.29, 0.717) is 17.7 Å². The van der Waals surface area contributed by atoms with Gasteiger partial charge in [-0.1, -0.05) is 6.07 Å². The second kappa shape index (κ2) is 6.47. The fourth-order valence-electron chi connectivity index (χ4n) is 1.75. The molecule has 0 bridgehead atoms. The van der Waals surface area contributed by atoms with E-state index in [1.54, 1.807) is 30.8 Å². The maximum absolute atomic E-state index is 12.4. The maximum Gasteiger partial charge on any atom is 0.240 e. The minimum atomic E-state index is -3.56. The first-order valence-corrected chi connectivity index (χ1v) is 9.09. The van der Waals surface area contributed by atoms with Gasteiger partial charge in [0, 0.05) is 11.3 Å². The molecule has 2 N–H and O–H groups in total. The van der Waals surface area contributed by atoms with Crippen LogP contribution in [-0.4, -0.2) is 31.1 Å². The summed E-state index contributed by atoms with van der Waals surface area (Å²) in [7, 11) is -3.56. The molecular formula is C14H23NO3S2. The Balaban J connectivity index is 3.10. The SMILES string of the molecule is CSC(C)(C)CNS(=O)(=O)c1cc(CO)c(C)cc1C. The van der Waals surface area contributed by atoms with Crippen LogP contribution in [0.25, 0.3) is 0 Å². The normalized spacial score (nSPS) is 12.7. The van der Waals surface area contributed by atoms with Crippen LogP contribution < -0.4 is 4.72 Å². The molecule has 0 radical (unpaired) electrons. The summed E-state index contributed by atoms with van der Waals surface area (Å²) in [6.45, 7) is 7.80. The lowest BCUT2D eigenvalue weighted by molar-refractivity contribution is 0.280. The van der Waals surface area contributed by atoms with Gasteiger partial charge < -0.3 is 5.11 Å². The van der Waals surface area contributed by atoms with E-state index in [1.165, 1.54) is 0 Å². The van der Waals surface area contributed by atoms with Gasteiger partial charge in [-0.2, -0.15) is 11.8 Å². The topological polar surface area (TPSA) is 66.4 Å². The van der Waals surface area contributed by atoms with Gasteiger partial charge in [0.25, 0.3) is 0 Å². The van der Waals surface area contributed by atoms with Gasteiger partial charge in [0.15, 0.2) is 0 Å². The van der Waals surface area contributed by atoms with Crippen LogP contribution in [0.4, 0.5) is 0 Å². The molecule has 0 aromatic heterocycles. The minimum absolute atomic E-state index is 0.161. The van der Waals surface area contributed by atoms with Crippen molar-refractivity contribution in [2.45, 2.75) is 43.9 Å². The molecule has 1 aromatic carbocycles. The molecule has 0 spiro atoms. The Bertz CT molecular complexity index is 580. The van der Waals surface area contributed by atoms with Crippen molar-refractivity contribution in [3.63, 3.8) is 0 Å². The smallest absolute Gasteiger partial charge is 0.240 e. The number of aliphatic hydroxyl groups is 1. The third-order valence-corrected chi connectivity index (χ3v) is 6.13.